The second-order valence-corrected chi connectivity index (χ2v) is 5.66. The molecule has 1 amide bonds. The Morgan fingerprint density at radius 1 is 1.44 bits per heavy atom. The lowest BCUT2D eigenvalue weighted by Crippen LogP contribution is -2.47. The molecule has 1 aliphatic rings. The fourth-order valence-electron chi connectivity index (χ4n) is 2.60. The smallest absolute Gasteiger partial charge is 0.237 e. The number of hydrogen-bond acceptors (Lipinski definition) is 3. The summed E-state index contributed by atoms with van der Waals surface area (Å²) in [7, 11) is 0. The molecule has 0 aromatic heterocycles. The first-order valence-corrected chi connectivity index (χ1v) is 7.18. The van der Waals surface area contributed by atoms with Crippen molar-refractivity contribution in [2.45, 2.75) is 65.1 Å². The molecule has 1 rings (SSSR count). The first-order chi connectivity index (χ1) is 8.45. The summed E-state index contributed by atoms with van der Waals surface area (Å²) in [5.74, 6) is 0.426. The van der Waals surface area contributed by atoms with Crippen LogP contribution in [0.25, 0.3) is 0 Å². The van der Waals surface area contributed by atoms with Crippen LogP contribution >= 0.6 is 0 Å². The molecule has 0 aromatic carbocycles. The molecule has 106 valence electrons. The van der Waals surface area contributed by atoms with Gasteiger partial charge in [-0.3, -0.25) is 9.69 Å². The third kappa shape index (κ3) is 4.25. The Balaban J connectivity index is 2.40. The molecule has 4 unspecified atom stereocenters. The van der Waals surface area contributed by atoms with Gasteiger partial charge in [0.05, 0.1) is 12.1 Å². The Labute approximate surface area is 111 Å². The van der Waals surface area contributed by atoms with Gasteiger partial charge >= 0.3 is 0 Å². The molecule has 0 radical (unpaired) electrons. The number of carbonyl (C=O) groups is 1. The van der Waals surface area contributed by atoms with Gasteiger partial charge in [-0.2, -0.15) is 0 Å². The van der Waals surface area contributed by atoms with Crippen LogP contribution in [-0.2, 0) is 4.79 Å². The number of nitrogens with zero attached hydrogens (tertiary/aromatic N) is 1. The second-order valence-electron chi connectivity index (χ2n) is 5.66. The van der Waals surface area contributed by atoms with E-state index in [2.05, 4.69) is 24.1 Å². The maximum atomic E-state index is 12.1. The summed E-state index contributed by atoms with van der Waals surface area (Å²) in [6, 6.07) is 0.160. The molecule has 1 fully saturated rings. The average Bonchev–Trinajstić information content (AvgIpc) is 2.77. The SMILES string of the molecule is CCCC(C)NC(=O)C(C)N1CCC(C(C)O)C1. The number of likely N-dealkylation sites (tertiary alicyclic amines) is 1. The van der Waals surface area contributed by atoms with Crippen molar-refractivity contribution in [2.75, 3.05) is 13.1 Å². The summed E-state index contributed by atoms with van der Waals surface area (Å²) in [5, 5.41) is 12.6. The summed E-state index contributed by atoms with van der Waals surface area (Å²) in [5.41, 5.74) is 0. The monoisotopic (exact) mass is 256 g/mol. The number of amides is 1. The third-order valence-electron chi connectivity index (χ3n) is 3.98. The molecule has 4 atom stereocenters. The van der Waals surface area contributed by atoms with Crippen molar-refractivity contribution in [3.63, 3.8) is 0 Å². The molecule has 4 heteroatoms. The minimum Gasteiger partial charge on any atom is -0.393 e. The van der Waals surface area contributed by atoms with Gasteiger partial charge in [-0.1, -0.05) is 13.3 Å². The fourth-order valence-corrected chi connectivity index (χ4v) is 2.60. The highest BCUT2D eigenvalue weighted by Gasteiger charge is 2.31. The Morgan fingerprint density at radius 3 is 2.61 bits per heavy atom. The van der Waals surface area contributed by atoms with Gasteiger partial charge in [0, 0.05) is 12.6 Å². The predicted molar refractivity (Wildman–Crippen MR) is 73.3 cm³/mol. The number of hydrogen-bond donors (Lipinski definition) is 2. The molecular weight excluding hydrogens is 228 g/mol. The first-order valence-electron chi connectivity index (χ1n) is 7.18. The van der Waals surface area contributed by atoms with E-state index in [1.54, 1.807) is 0 Å². The maximum absolute atomic E-state index is 12.1. The molecule has 0 spiro atoms. The Kier molecular flexibility index (Phi) is 6.09. The zero-order valence-electron chi connectivity index (χ0n) is 12.1. The summed E-state index contributed by atoms with van der Waals surface area (Å²) >= 11 is 0. The van der Waals surface area contributed by atoms with Gasteiger partial charge in [0.15, 0.2) is 0 Å². The molecule has 0 bridgehead atoms. The molecule has 1 aliphatic heterocycles. The van der Waals surface area contributed by atoms with E-state index in [0.29, 0.717) is 5.92 Å². The van der Waals surface area contributed by atoms with E-state index in [1.807, 2.05) is 13.8 Å². The van der Waals surface area contributed by atoms with Crippen molar-refractivity contribution in [3.8, 4) is 0 Å². The minimum atomic E-state index is -0.274. The van der Waals surface area contributed by atoms with E-state index in [1.165, 1.54) is 0 Å². The lowest BCUT2D eigenvalue weighted by molar-refractivity contribution is -0.126. The largest absolute Gasteiger partial charge is 0.393 e. The van der Waals surface area contributed by atoms with E-state index in [4.69, 9.17) is 0 Å². The van der Waals surface area contributed by atoms with Gasteiger partial charge in [0.1, 0.15) is 0 Å². The molecular formula is C14H28N2O2. The zero-order chi connectivity index (χ0) is 13.7. The van der Waals surface area contributed by atoms with Gasteiger partial charge in [-0.05, 0) is 46.1 Å². The molecule has 2 N–H and O–H groups in total. The highest BCUT2D eigenvalue weighted by atomic mass is 16.3. The molecule has 1 saturated heterocycles. The van der Waals surface area contributed by atoms with Crippen molar-refractivity contribution in [3.05, 3.63) is 0 Å². The van der Waals surface area contributed by atoms with E-state index < -0.39 is 0 Å². The number of nitrogens with one attached hydrogen (secondary N) is 1. The maximum Gasteiger partial charge on any atom is 0.237 e. The third-order valence-corrected chi connectivity index (χ3v) is 3.98. The Bertz CT molecular complexity index is 269. The van der Waals surface area contributed by atoms with Crippen LogP contribution in [0.2, 0.25) is 0 Å². The summed E-state index contributed by atoms with van der Waals surface area (Å²) in [6.07, 6.45) is 2.82. The predicted octanol–water partition coefficient (Wildman–Crippen LogP) is 1.38. The molecule has 18 heavy (non-hydrogen) atoms. The van der Waals surface area contributed by atoms with Gasteiger partial charge < -0.3 is 10.4 Å². The van der Waals surface area contributed by atoms with Crippen LogP contribution in [0.5, 0.6) is 0 Å². The summed E-state index contributed by atoms with van der Waals surface area (Å²) < 4.78 is 0. The number of rotatable bonds is 6. The lowest BCUT2D eigenvalue weighted by atomic mass is 10.0. The van der Waals surface area contributed by atoms with E-state index in [-0.39, 0.29) is 24.1 Å². The summed E-state index contributed by atoms with van der Waals surface area (Å²) in [6.45, 7) is 9.71. The topological polar surface area (TPSA) is 52.6 Å². The average molecular weight is 256 g/mol. The van der Waals surface area contributed by atoms with Gasteiger partial charge in [-0.15, -0.1) is 0 Å². The normalized spacial score (nSPS) is 25.7. The van der Waals surface area contributed by atoms with Crippen LogP contribution in [0, 0.1) is 5.92 Å². The minimum absolute atomic E-state index is 0.0898. The van der Waals surface area contributed by atoms with Crippen molar-refractivity contribution < 1.29 is 9.90 Å². The molecule has 0 saturated carbocycles. The Hall–Kier alpha value is -0.610. The number of carbonyl (C=O) groups excluding carboxylic acids is 1. The highest BCUT2D eigenvalue weighted by molar-refractivity contribution is 5.81. The van der Waals surface area contributed by atoms with Crippen LogP contribution in [0.15, 0.2) is 0 Å². The molecule has 4 nitrogen and oxygen atoms in total. The van der Waals surface area contributed by atoms with Crippen molar-refractivity contribution >= 4 is 5.91 Å². The van der Waals surface area contributed by atoms with E-state index in [0.717, 1.165) is 32.4 Å². The molecule has 0 aromatic rings. The van der Waals surface area contributed by atoms with Crippen molar-refractivity contribution in [1.29, 1.82) is 0 Å². The number of aliphatic hydroxyl groups excluding tert-OH is 1. The zero-order valence-corrected chi connectivity index (χ0v) is 12.1. The number of aliphatic hydroxyl groups is 1. The van der Waals surface area contributed by atoms with Crippen LogP contribution in [0.4, 0.5) is 0 Å². The summed E-state index contributed by atoms with van der Waals surface area (Å²) in [4.78, 5) is 14.2. The van der Waals surface area contributed by atoms with Crippen LogP contribution < -0.4 is 5.32 Å². The van der Waals surface area contributed by atoms with Crippen molar-refractivity contribution in [1.82, 2.24) is 10.2 Å². The second kappa shape index (κ2) is 7.10. The quantitative estimate of drug-likeness (QED) is 0.755. The highest BCUT2D eigenvalue weighted by Crippen LogP contribution is 2.21. The van der Waals surface area contributed by atoms with Crippen LogP contribution in [0.3, 0.4) is 0 Å². The fraction of sp³-hybridized carbons (Fsp3) is 0.929. The van der Waals surface area contributed by atoms with Crippen LogP contribution in [-0.4, -0.2) is 47.2 Å². The molecule has 1 heterocycles. The lowest BCUT2D eigenvalue weighted by Gasteiger charge is -2.25. The first kappa shape index (κ1) is 15.4. The van der Waals surface area contributed by atoms with E-state index >= 15 is 0 Å². The van der Waals surface area contributed by atoms with Crippen molar-refractivity contribution in [2.24, 2.45) is 5.92 Å². The Morgan fingerprint density at radius 2 is 2.11 bits per heavy atom. The van der Waals surface area contributed by atoms with Gasteiger partial charge in [-0.25, -0.2) is 0 Å². The molecule has 0 aliphatic carbocycles. The van der Waals surface area contributed by atoms with E-state index in [9.17, 15) is 9.90 Å². The standard InChI is InChI=1S/C14H28N2O2/c1-5-6-10(2)15-14(18)11(3)16-8-7-13(9-16)12(4)17/h10-13,17H,5-9H2,1-4H3,(H,15,18). The van der Waals surface area contributed by atoms with Gasteiger partial charge in [0.2, 0.25) is 5.91 Å². The van der Waals surface area contributed by atoms with Crippen LogP contribution in [0.1, 0.15) is 47.0 Å². The van der Waals surface area contributed by atoms with Gasteiger partial charge in [0.25, 0.3) is 0 Å².